The third kappa shape index (κ3) is 2.84. The first-order valence-corrected chi connectivity index (χ1v) is 9.99. The fourth-order valence-corrected chi connectivity index (χ4v) is 4.46. The average molecular weight is 400 g/mol. The van der Waals surface area contributed by atoms with Crippen molar-refractivity contribution < 1.29 is 9.90 Å². The number of hydrogen-bond acceptors (Lipinski definition) is 3. The first-order chi connectivity index (χ1) is 14.4. The van der Waals surface area contributed by atoms with Gasteiger partial charge in [0.2, 0.25) is 0 Å². The third-order valence-corrected chi connectivity index (χ3v) is 5.67. The summed E-state index contributed by atoms with van der Waals surface area (Å²) in [5.41, 5.74) is 6.92. The molecule has 30 heavy (non-hydrogen) atoms. The quantitative estimate of drug-likeness (QED) is 0.493. The van der Waals surface area contributed by atoms with Crippen LogP contribution >= 0.6 is 0 Å². The first-order valence-electron chi connectivity index (χ1n) is 9.99. The summed E-state index contributed by atoms with van der Waals surface area (Å²) in [6.07, 6.45) is 2.89. The van der Waals surface area contributed by atoms with Crippen LogP contribution in [0.2, 0.25) is 0 Å². The molecule has 3 aromatic heterocycles. The van der Waals surface area contributed by atoms with E-state index in [1.54, 1.807) is 0 Å². The Morgan fingerprint density at radius 2 is 1.97 bits per heavy atom. The lowest BCUT2D eigenvalue weighted by Gasteiger charge is -2.12. The Morgan fingerprint density at radius 3 is 2.77 bits per heavy atom. The standard InChI is InChI=1S/C24H24N4O2/c1-14-10-16-9-8-15(12-27(2)3)13-28(16)22(14)21-20(23(29)26-24(21)30)18-11-25-19-7-5-4-6-17(18)19/h4-11,13,23,25,29H,12H2,1-3H3,(H,26,30). The molecule has 1 atom stereocenters. The minimum atomic E-state index is -1.05. The smallest absolute Gasteiger partial charge is 0.256 e. The first kappa shape index (κ1) is 18.7. The number of fused-ring (bicyclic) bond motifs is 2. The van der Waals surface area contributed by atoms with Gasteiger partial charge < -0.3 is 24.7 Å². The fourth-order valence-electron chi connectivity index (χ4n) is 4.46. The molecule has 4 heterocycles. The second-order valence-electron chi connectivity index (χ2n) is 8.16. The Hall–Kier alpha value is -3.35. The van der Waals surface area contributed by atoms with Crippen LogP contribution in [0, 0.1) is 6.92 Å². The van der Waals surface area contributed by atoms with E-state index in [9.17, 15) is 9.90 Å². The zero-order valence-corrected chi connectivity index (χ0v) is 17.2. The summed E-state index contributed by atoms with van der Waals surface area (Å²) in [6.45, 7) is 2.81. The maximum atomic E-state index is 13.0. The number of carbonyl (C=O) groups excluding carboxylic acids is 1. The van der Waals surface area contributed by atoms with Crippen LogP contribution in [-0.4, -0.2) is 45.6 Å². The number of hydrogen-bond donors (Lipinski definition) is 3. The Balaban J connectivity index is 1.79. The Labute approximate surface area is 174 Å². The molecule has 4 aromatic rings. The molecule has 0 radical (unpaired) electrons. The molecule has 0 saturated heterocycles. The molecular weight excluding hydrogens is 376 g/mol. The molecule has 0 spiro atoms. The number of nitrogens with zero attached hydrogens (tertiary/aromatic N) is 2. The summed E-state index contributed by atoms with van der Waals surface area (Å²) in [5.74, 6) is -0.260. The molecule has 152 valence electrons. The van der Waals surface area contributed by atoms with Crippen LogP contribution in [0.1, 0.15) is 22.4 Å². The van der Waals surface area contributed by atoms with Crippen LogP contribution in [0.5, 0.6) is 0 Å². The van der Waals surface area contributed by atoms with Crippen LogP contribution < -0.4 is 5.32 Å². The molecule has 0 bridgehead atoms. The highest BCUT2D eigenvalue weighted by Gasteiger charge is 2.35. The van der Waals surface area contributed by atoms with E-state index in [0.29, 0.717) is 11.1 Å². The number of nitrogens with one attached hydrogen (secondary N) is 2. The van der Waals surface area contributed by atoms with Crippen LogP contribution in [0.4, 0.5) is 0 Å². The number of amides is 1. The lowest BCUT2D eigenvalue weighted by atomic mass is 9.97. The normalized spacial score (nSPS) is 17.0. The number of rotatable bonds is 4. The summed E-state index contributed by atoms with van der Waals surface area (Å²) in [6, 6.07) is 14.2. The SMILES string of the molecule is Cc1cc2ccc(CN(C)C)cn2c1C1=C(c2c[nH]c3ccccc23)C(O)NC1=O. The molecule has 1 unspecified atom stereocenters. The average Bonchev–Trinajstić information content (AvgIpc) is 3.33. The van der Waals surface area contributed by atoms with Crippen molar-refractivity contribution in [2.45, 2.75) is 19.7 Å². The molecule has 3 N–H and O–H groups in total. The van der Waals surface area contributed by atoms with Gasteiger partial charge in [-0.1, -0.05) is 24.3 Å². The Bertz CT molecular complexity index is 1330. The fraction of sp³-hybridized carbons (Fsp3) is 0.208. The Kier molecular flexibility index (Phi) is 4.27. The molecule has 5 rings (SSSR count). The van der Waals surface area contributed by atoms with Crippen molar-refractivity contribution in [2.75, 3.05) is 14.1 Å². The van der Waals surface area contributed by atoms with E-state index in [0.717, 1.165) is 45.3 Å². The topological polar surface area (TPSA) is 72.8 Å². The largest absolute Gasteiger partial charge is 0.369 e. The molecule has 1 aliphatic rings. The lowest BCUT2D eigenvalue weighted by Crippen LogP contribution is -2.27. The van der Waals surface area contributed by atoms with Gasteiger partial charge in [-0.3, -0.25) is 4.79 Å². The number of para-hydroxylation sites is 1. The predicted octanol–water partition coefficient (Wildman–Crippen LogP) is 3.15. The highest BCUT2D eigenvalue weighted by molar-refractivity contribution is 6.31. The van der Waals surface area contributed by atoms with Gasteiger partial charge in [-0.05, 0) is 50.3 Å². The van der Waals surface area contributed by atoms with Crippen molar-refractivity contribution in [3.63, 3.8) is 0 Å². The second-order valence-corrected chi connectivity index (χ2v) is 8.16. The van der Waals surface area contributed by atoms with Crippen molar-refractivity contribution in [2.24, 2.45) is 0 Å². The molecule has 0 saturated carbocycles. The van der Waals surface area contributed by atoms with Gasteiger partial charge in [0.15, 0.2) is 6.23 Å². The number of aliphatic hydroxyl groups excluding tert-OH is 1. The summed E-state index contributed by atoms with van der Waals surface area (Å²) in [7, 11) is 4.06. The van der Waals surface area contributed by atoms with Gasteiger partial charge in [0.1, 0.15) is 0 Å². The minimum Gasteiger partial charge on any atom is -0.369 e. The minimum absolute atomic E-state index is 0.260. The van der Waals surface area contributed by atoms with Crippen molar-refractivity contribution in [1.29, 1.82) is 0 Å². The number of aliphatic hydroxyl groups is 1. The van der Waals surface area contributed by atoms with E-state index in [4.69, 9.17) is 0 Å². The van der Waals surface area contributed by atoms with E-state index < -0.39 is 6.23 Å². The molecule has 0 aliphatic carbocycles. The summed E-state index contributed by atoms with van der Waals surface area (Å²) in [5, 5.41) is 14.5. The van der Waals surface area contributed by atoms with Crippen LogP contribution in [0.15, 0.2) is 54.9 Å². The lowest BCUT2D eigenvalue weighted by molar-refractivity contribution is -0.116. The number of H-pyrrole nitrogens is 1. The van der Waals surface area contributed by atoms with Crippen molar-refractivity contribution in [3.05, 3.63) is 77.2 Å². The molecule has 1 aromatic carbocycles. The summed E-state index contributed by atoms with van der Waals surface area (Å²) >= 11 is 0. The van der Waals surface area contributed by atoms with Gasteiger partial charge in [-0.2, -0.15) is 0 Å². The number of aromatic amines is 1. The van der Waals surface area contributed by atoms with Gasteiger partial charge in [0.25, 0.3) is 5.91 Å². The number of aryl methyl sites for hydroxylation is 1. The molecule has 6 heteroatoms. The van der Waals surface area contributed by atoms with E-state index in [1.807, 2.05) is 51.5 Å². The van der Waals surface area contributed by atoms with E-state index >= 15 is 0 Å². The Morgan fingerprint density at radius 1 is 1.17 bits per heavy atom. The van der Waals surface area contributed by atoms with Crippen LogP contribution in [-0.2, 0) is 11.3 Å². The maximum absolute atomic E-state index is 13.0. The highest BCUT2D eigenvalue weighted by atomic mass is 16.3. The molecule has 1 aliphatic heterocycles. The van der Waals surface area contributed by atoms with Crippen molar-refractivity contribution in [3.8, 4) is 0 Å². The van der Waals surface area contributed by atoms with Gasteiger partial charge in [-0.25, -0.2) is 0 Å². The van der Waals surface area contributed by atoms with E-state index in [2.05, 4.69) is 44.0 Å². The highest BCUT2D eigenvalue weighted by Crippen LogP contribution is 2.38. The van der Waals surface area contributed by atoms with Gasteiger partial charge in [-0.15, -0.1) is 0 Å². The zero-order valence-electron chi connectivity index (χ0n) is 17.2. The predicted molar refractivity (Wildman–Crippen MR) is 119 cm³/mol. The number of benzene rings is 1. The van der Waals surface area contributed by atoms with E-state index in [1.165, 1.54) is 0 Å². The van der Waals surface area contributed by atoms with Crippen molar-refractivity contribution >= 4 is 33.5 Å². The summed E-state index contributed by atoms with van der Waals surface area (Å²) < 4.78 is 2.07. The van der Waals surface area contributed by atoms with Crippen molar-refractivity contribution in [1.82, 2.24) is 19.6 Å². The van der Waals surface area contributed by atoms with Gasteiger partial charge >= 0.3 is 0 Å². The molecular formula is C24H24N4O2. The zero-order chi connectivity index (χ0) is 21.0. The van der Waals surface area contributed by atoms with Gasteiger partial charge in [0, 0.05) is 46.5 Å². The van der Waals surface area contributed by atoms with Crippen LogP contribution in [0.3, 0.4) is 0 Å². The third-order valence-electron chi connectivity index (χ3n) is 5.67. The van der Waals surface area contributed by atoms with Crippen LogP contribution in [0.25, 0.3) is 27.6 Å². The number of carbonyl (C=O) groups is 1. The summed E-state index contributed by atoms with van der Waals surface area (Å²) in [4.78, 5) is 18.4. The molecule has 0 fully saturated rings. The number of aromatic nitrogens is 2. The maximum Gasteiger partial charge on any atom is 0.256 e. The second kappa shape index (κ2) is 6.86. The molecule has 6 nitrogen and oxygen atoms in total. The molecule has 1 amide bonds. The monoisotopic (exact) mass is 400 g/mol. The van der Waals surface area contributed by atoms with E-state index in [-0.39, 0.29) is 5.91 Å². The van der Waals surface area contributed by atoms with Gasteiger partial charge in [0.05, 0.1) is 11.3 Å². The number of pyridine rings is 1.